The number of hydrogen-bond donors (Lipinski definition) is 1. The van der Waals surface area contributed by atoms with E-state index in [2.05, 4.69) is 18.7 Å². The molecule has 0 heterocycles. The molecular weight excluding hydrogens is 260 g/mol. The minimum absolute atomic E-state index is 0. The van der Waals surface area contributed by atoms with Gasteiger partial charge in [0.1, 0.15) is 0 Å². The second-order valence-corrected chi connectivity index (χ2v) is 4.07. The van der Waals surface area contributed by atoms with Crippen molar-refractivity contribution in [3.05, 3.63) is 72.3 Å². The van der Waals surface area contributed by atoms with E-state index in [1.54, 1.807) is 12.1 Å². The van der Waals surface area contributed by atoms with Crippen LogP contribution in [0.15, 0.2) is 61.2 Å². The van der Waals surface area contributed by atoms with Gasteiger partial charge in [-0.1, -0.05) is 42.5 Å². The van der Waals surface area contributed by atoms with Gasteiger partial charge in [-0.15, -0.1) is 19.0 Å². The summed E-state index contributed by atoms with van der Waals surface area (Å²) >= 11 is 0. The Labute approximate surface area is 118 Å². The van der Waals surface area contributed by atoms with Gasteiger partial charge in [0.25, 0.3) is 0 Å². The van der Waals surface area contributed by atoms with Crippen molar-refractivity contribution >= 4 is 18.4 Å². The highest BCUT2D eigenvalue weighted by molar-refractivity contribution is 5.88. The lowest BCUT2D eigenvalue weighted by Gasteiger charge is -2.03. The van der Waals surface area contributed by atoms with Crippen LogP contribution in [0.3, 0.4) is 0 Å². The lowest BCUT2D eigenvalue weighted by atomic mass is 10.0. The van der Waals surface area contributed by atoms with Crippen molar-refractivity contribution < 1.29 is 9.90 Å². The minimum Gasteiger partial charge on any atom is -0.478 e. The van der Waals surface area contributed by atoms with Crippen LogP contribution in [-0.4, -0.2) is 11.1 Å². The van der Waals surface area contributed by atoms with Gasteiger partial charge in [0, 0.05) is 0 Å². The molecule has 3 heteroatoms. The number of rotatable bonds is 4. The summed E-state index contributed by atoms with van der Waals surface area (Å²) in [7, 11) is 0. The van der Waals surface area contributed by atoms with Crippen molar-refractivity contribution in [2.45, 2.75) is 6.42 Å². The molecule has 2 aromatic carbocycles. The fourth-order valence-corrected chi connectivity index (χ4v) is 1.81. The van der Waals surface area contributed by atoms with Crippen molar-refractivity contribution in [2.75, 3.05) is 0 Å². The van der Waals surface area contributed by atoms with Crippen LogP contribution < -0.4 is 0 Å². The van der Waals surface area contributed by atoms with E-state index < -0.39 is 5.97 Å². The van der Waals surface area contributed by atoms with Crippen LogP contribution in [-0.2, 0) is 6.42 Å². The molecule has 0 saturated carbocycles. The summed E-state index contributed by atoms with van der Waals surface area (Å²) in [6, 6.07) is 15.1. The molecule has 19 heavy (non-hydrogen) atoms. The summed E-state index contributed by atoms with van der Waals surface area (Å²) in [5.41, 5.74) is 3.63. The first kappa shape index (κ1) is 15.0. The zero-order chi connectivity index (χ0) is 13.0. The first-order chi connectivity index (χ1) is 8.70. The highest BCUT2D eigenvalue weighted by Gasteiger charge is 2.03. The van der Waals surface area contributed by atoms with Crippen molar-refractivity contribution in [1.82, 2.24) is 0 Å². The van der Waals surface area contributed by atoms with E-state index in [0.717, 1.165) is 17.5 Å². The molecule has 0 aliphatic heterocycles. The van der Waals surface area contributed by atoms with Gasteiger partial charge in [-0.05, 0) is 35.2 Å². The minimum atomic E-state index is -0.900. The largest absolute Gasteiger partial charge is 0.478 e. The number of aromatic carboxylic acids is 1. The molecule has 0 amide bonds. The van der Waals surface area contributed by atoms with Gasteiger partial charge in [0.05, 0.1) is 5.56 Å². The Morgan fingerprint density at radius 1 is 1.00 bits per heavy atom. The smallest absolute Gasteiger partial charge is 0.335 e. The number of carboxylic acid groups (broad SMARTS) is 1. The molecule has 2 rings (SSSR count). The zero-order valence-electron chi connectivity index (χ0n) is 10.4. The van der Waals surface area contributed by atoms with Crippen molar-refractivity contribution in [1.29, 1.82) is 0 Å². The number of hydrogen-bond acceptors (Lipinski definition) is 1. The average molecular weight is 275 g/mol. The van der Waals surface area contributed by atoms with Gasteiger partial charge < -0.3 is 5.11 Å². The molecule has 0 saturated heterocycles. The molecule has 0 unspecified atom stereocenters. The Bertz CT molecular complexity index is 556. The predicted molar refractivity (Wildman–Crippen MR) is 80.0 cm³/mol. The summed E-state index contributed by atoms with van der Waals surface area (Å²) in [5.74, 6) is -0.900. The van der Waals surface area contributed by atoms with Gasteiger partial charge in [-0.2, -0.15) is 0 Å². The molecule has 0 radical (unpaired) electrons. The second-order valence-electron chi connectivity index (χ2n) is 4.07. The molecule has 0 spiro atoms. The highest BCUT2D eigenvalue weighted by Crippen LogP contribution is 2.20. The Hall–Kier alpha value is -2.06. The third kappa shape index (κ3) is 3.70. The Balaban J connectivity index is 0.00000180. The molecule has 98 valence electrons. The van der Waals surface area contributed by atoms with Crippen LogP contribution in [0.2, 0.25) is 0 Å². The Kier molecular flexibility index (Phi) is 5.34. The van der Waals surface area contributed by atoms with Crippen LogP contribution in [0.4, 0.5) is 0 Å². The Morgan fingerprint density at radius 2 is 1.47 bits per heavy atom. The van der Waals surface area contributed by atoms with Crippen molar-refractivity contribution in [2.24, 2.45) is 0 Å². The van der Waals surface area contributed by atoms with Gasteiger partial charge in [0.15, 0.2) is 0 Å². The standard InChI is InChI=1S/C16H14O2.ClH/c1-2-3-12-4-6-13(7-5-12)14-8-10-15(11-9-14)16(17)18;/h2,4-11H,1,3H2,(H,17,18);1H. The van der Waals surface area contributed by atoms with E-state index >= 15 is 0 Å². The number of carboxylic acids is 1. The molecule has 0 aliphatic rings. The number of benzene rings is 2. The molecule has 0 atom stereocenters. The Morgan fingerprint density at radius 3 is 1.89 bits per heavy atom. The van der Waals surface area contributed by atoms with Gasteiger partial charge in [-0.3, -0.25) is 0 Å². The quantitative estimate of drug-likeness (QED) is 0.849. The molecule has 0 aromatic heterocycles. The van der Waals surface area contributed by atoms with Crippen LogP contribution in [0.5, 0.6) is 0 Å². The summed E-state index contributed by atoms with van der Waals surface area (Å²) in [6.07, 6.45) is 2.73. The predicted octanol–water partition coefficient (Wildman–Crippen LogP) is 4.20. The third-order valence-corrected chi connectivity index (χ3v) is 2.80. The zero-order valence-corrected chi connectivity index (χ0v) is 11.2. The number of halogens is 1. The lowest BCUT2D eigenvalue weighted by molar-refractivity contribution is 0.0697. The van der Waals surface area contributed by atoms with E-state index in [-0.39, 0.29) is 12.4 Å². The number of carbonyl (C=O) groups is 1. The average Bonchev–Trinajstić information content (AvgIpc) is 2.40. The monoisotopic (exact) mass is 274 g/mol. The van der Waals surface area contributed by atoms with Crippen LogP contribution >= 0.6 is 12.4 Å². The van der Waals surface area contributed by atoms with Crippen LogP contribution in [0, 0.1) is 0 Å². The van der Waals surface area contributed by atoms with E-state index in [4.69, 9.17) is 5.11 Å². The summed E-state index contributed by atoms with van der Waals surface area (Å²) in [4.78, 5) is 10.8. The van der Waals surface area contributed by atoms with Crippen LogP contribution in [0.25, 0.3) is 11.1 Å². The highest BCUT2D eigenvalue weighted by atomic mass is 35.5. The van der Waals surface area contributed by atoms with Gasteiger partial charge in [-0.25, -0.2) is 4.79 Å². The first-order valence-corrected chi connectivity index (χ1v) is 5.74. The molecule has 0 fully saturated rings. The fraction of sp³-hybridized carbons (Fsp3) is 0.0625. The van der Waals surface area contributed by atoms with E-state index in [0.29, 0.717) is 5.56 Å². The fourth-order valence-electron chi connectivity index (χ4n) is 1.81. The third-order valence-electron chi connectivity index (χ3n) is 2.80. The molecule has 0 bridgehead atoms. The number of allylic oxidation sites excluding steroid dienone is 1. The van der Waals surface area contributed by atoms with Crippen LogP contribution in [0.1, 0.15) is 15.9 Å². The van der Waals surface area contributed by atoms with Crippen molar-refractivity contribution in [3.8, 4) is 11.1 Å². The van der Waals surface area contributed by atoms with Gasteiger partial charge in [0.2, 0.25) is 0 Å². The maximum Gasteiger partial charge on any atom is 0.335 e. The van der Waals surface area contributed by atoms with E-state index in [9.17, 15) is 4.79 Å². The second kappa shape index (κ2) is 6.76. The van der Waals surface area contributed by atoms with E-state index in [1.807, 2.05) is 30.3 Å². The molecule has 1 N–H and O–H groups in total. The van der Waals surface area contributed by atoms with Crippen molar-refractivity contribution in [3.63, 3.8) is 0 Å². The summed E-state index contributed by atoms with van der Waals surface area (Å²) < 4.78 is 0. The SMILES string of the molecule is C=CCc1ccc(-c2ccc(C(=O)O)cc2)cc1.Cl. The normalized spacial score (nSPS) is 9.47. The first-order valence-electron chi connectivity index (χ1n) is 5.74. The molecule has 2 nitrogen and oxygen atoms in total. The van der Waals surface area contributed by atoms with Gasteiger partial charge >= 0.3 is 5.97 Å². The molecular formula is C16H15ClO2. The lowest BCUT2D eigenvalue weighted by Crippen LogP contribution is -1.94. The topological polar surface area (TPSA) is 37.3 Å². The summed E-state index contributed by atoms with van der Waals surface area (Å²) in [5, 5.41) is 8.83. The maximum absolute atomic E-state index is 10.8. The summed E-state index contributed by atoms with van der Waals surface area (Å²) in [6.45, 7) is 3.71. The molecule has 2 aromatic rings. The molecule has 0 aliphatic carbocycles. The maximum atomic E-state index is 10.8. The van der Waals surface area contributed by atoms with E-state index in [1.165, 1.54) is 5.56 Å².